The molecule has 0 radical (unpaired) electrons. The van der Waals surface area contributed by atoms with E-state index < -0.39 is 11.7 Å². The van der Waals surface area contributed by atoms with Crippen molar-refractivity contribution >= 4 is 23.3 Å². The second-order valence-electron chi connectivity index (χ2n) is 7.42. The minimum Gasteiger partial charge on any atom is -0.354 e. The van der Waals surface area contributed by atoms with Gasteiger partial charge in [0.2, 0.25) is 0 Å². The molecule has 0 aromatic carbocycles. The Bertz CT molecular complexity index is 943. The molecule has 2 aliphatic rings. The highest BCUT2D eigenvalue weighted by molar-refractivity contribution is 5.95. The summed E-state index contributed by atoms with van der Waals surface area (Å²) in [6.07, 6.45) is 8.02. The lowest BCUT2D eigenvalue weighted by atomic mass is 10.0. The Labute approximate surface area is 168 Å². The van der Waals surface area contributed by atoms with Gasteiger partial charge >= 0.3 is 0 Å². The normalized spacial score (nSPS) is 16.3. The zero-order chi connectivity index (χ0) is 20.4. The molecule has 1 saturated heterocycles. The van der Waals surface area contributed by atoms with Gasteiger partial charge in [-0.2, -0.15) is 0 Å². The molecule has 0 saturated carbocycles. The number of piperidine rings is 1. The molecule has 0 spiro atoms. The van der Waals surface area contributed by atoms with E-state index in [2.05, 4.69) is 15.3 Å². The maximum Gasteiger partial charge on any atom is 0.272 e. The number of carbonyl (C=O) groups is 2. The summed E-state index contributed by atoms with van der Waals surface area (Å²) in [5.41, 5.74) is 1.88. The van der Waals surface area contributed by atoms with Crippen molar-refractivity contribution in [2.75, 3.05) is 31.6 Å². The molecule has 152 valence electrons. The number of halogens is 1. The van der Waals surface area contributed by atoms with Gasteiger partial charge in [0.1, 0.15) is 5.82 Å². The van der Waals surface area contributed by atoms with Crippen LogP contribution in [0.25, 0.3) is 0 Å². The number of nitrogens with one attached hydrogen (secondary N) is 1. The maximum atomic E-state index is 14.4. The van der Waals surface area contributed by atoms with Crippen LogP contribution in [0.3, 0.4) is 0 Å². The molecular weight excluding hydrogens is 373 g/mol. The molecule has 2 aromatic heterocycles. The SMILES string of the molecule is CNC(=O)c1ncc(N2CCCc3cc(C(=O)N4CCCCC4)cnc32)cc1F. The maximum absolute atomic E-state index is 14.4. The van der Waals surface area contributed by atoms with E-state index in [0.717, 1.165) is 44.3 Å². The van der Waals surface area contributed by atoms with E-state index in [4.69, 9.17) is 0 Å². The molecule has 0 aliphatic carbocycles. The van der Waals surface area contributed by atoms with Gasteiger partial charge in [-0.1, -0.05) is 0 Å². The molecule has 0 bridgehead atoms. The van der Waals surface area contributed by atoms with Crippen molar-refractivity contribution in [2.24, 2.45) is 0 Å². The predicted molar refractivity (Wildman–Crippen MR) is 107 cm³/mol. The van der Waals surface area contributed by atoms with E-state index in [9.17, 15) is 14.0 Å². The molecule has 7 nitrogen and oxygen atoms in total. The summed E-state index contributed by atoms with van der Waals surface area (Å²) in [6, 6.07) is 3.22. The Morgan fingerprint density at radius 1 is 1.03 bits per heavy atom. The fourth-order valence-electron chi connectivity index (χ4n) is 3.97. The van der Waals surface area contributed by atoms with Crippen molar-refractivity contribution in [3.05, 3.63) is 47.2 Å². The number of likely N-dealkylation sites (tertiary alicyclic amines) is 1. The van der Waals surface area contributed by atoms with Crippen LogP contribution in [0.15, 0.2) is 24.5 Å². The lowest BCUT2D eigenvalue weighted by Gasteiger charge is -2.31. The van der Waals surface area contributed by atoms with Gasteiger partial charge < -0.3 is 15.1 Å². The lowest BCUT2D eigenvalue weighted by molar-refractivity contribution is 0.0723. The van der Waals surface area contributed by atoms with E-state index in [1.54, 1.807) is 6.20 Å². The quantitative estimate of drug-likeness (QED) is 0.862. The van der Waals surface area contributed by atoms with Crippen molar-refractivity contribution in [1.29, 1.82) is 0 Å². The number of hydrogen-bond donors (Lipinski definition) is 1. The zero-order valence-corrected chi connectivity index (χ0v) is 16.4. The Kier molecular flexibility index (Phi) is 5.42. The molecule has 4 heterocycles. The smallest absolute Gasteiger partial charge is 0.272 e. The Morgan fingerprint density at radius 3 is 2.55 bits per heavy atom. The summed E-state index contributed by atoms with van der Waals surface area (Å²) in [6.45, 7) is 2.26. The van der Waals surface area contributed by atoms with Crippen LogP contribution in [-0.2, 0) is 6.42 Å². The average molecular weight is 397 g/mol. The first-order valence-electron chi connectivity index (χ1n) is 10.0. The van der Waals surface area contributed by atoms with Gasteiger partial charge in [0.25, 0.3) is 11.8 Å². The van der Waals surface area contributed by atoms with Crippen LogP contribution in [0.2, 0.25) is 0 Å². The van der Waals surface area contributed by atoms with Gasteiger partial charge in [-0.05, 0) is 43.7 Å². The van der Waals surface area contributed by atoms with Gasteiger partial charge in [0.15, 0.2) is 11.5 Å². The van der Waals surface area contributed by atoms with Gasteiger partial charge in [-0.15, -0.1) is 0 Å². The van der Waals surface area contributed by atoms with E-state index in [1.807, 2.05) is 15.9 Å². The van der Waals surface area contributed by atoms with Crippen LogP contribution >= 0.6 is 0 Å². The number of amides is 2. The van der Waals surface area contributed by atoms with Gasteiger partial charge in [0, 0.05) is 38.9 Å². The summed E-state index contributed by atoms with van der Waals surface area (Å²) >= 11 is 0. The van der Waals surface area contributed by atoms with Crippen molar-refractivity contribution in [3.8, 4) is 0 Å². The summed E-state index contributed by atoms with van der Waals surface area (Å²) in [5.74, 6) is -0.502. The number of rotatable bonds is 3. The van der Waals surface area contributed by atoms with E-state index >= 15 is 0 Å². The third kappa shape index (κ3) is 3.79. The molecule has 8 heteroatoms. The number of aryl methyl sites for hydroxylation is 1. The highest BCUT2D eigenvalue weighted by Crippen LogP contribution is 2.32. The molecule has 29 heavy (non-hydrogen) atoms. The predicted octanol–water partition coefficient (Wildman–Crippen LogP) is 2.69. The van der Waals surface area contributed by atoms with Crippen molar-refractivity contribution < 1.29 is 14.0 Å². The lowest BCUT2D eigenvalue weighted by Crippen LogP contribution is -2.36. The largest absolute Gasteiger partial charge is 0.354 e. The van der Waals surface area contributed by atoms with Crippen LogP contribution in [0.5, 0.6) is 0 Å². The number of nitrogens with zero attached hydrogens (tertiary/aromatic N) is 4. The first-order valence-corrected chi connectivity index (χ1v) is 10.0. The number of pyridine rings is 2. The molecule has 2 aliphatic heterocycles. The second kappa shape index (κ2) is 8.14. The number of anilines is 2. The molecular formula is C21H24FN5O2. The fourth-order valence-corrected chi connectivity index (χ4v) is 3.97. The van der Waals surface area contributed by atoms with E-state index in [-0.39, 0.29) is 11.6 Å². The van der Waals surface area contributed by atoms with Crippen molar-refractivity contribution in [2.45, 2.75) is 32.1 Å². The van der Waals surface area contributed by atoms with Crippen molar-refractivity contribution in [1.82, 2.24) is 20.2 Å². The Hall–Kier alpha value is -3.03. The third-order valence-electron chi connectivity index (χ3n) is 5.50. The molecule has 2 amide bonds. The Morgan fingerprint density at radius 2 is 1.83 bits per heavy atom. The van der Waals surface area contributed by atoms with Crippen LogP contribution in [0, 0.1) is 5.82 Å². The number of aromatic nitrogens is 2. The molecule has 1 fully saturated rings. The standard InChI is InChI=1S/C21H24FN5O2/c1-23-20(28)18-17(22)11-16(13-24-18)27-9-5-6-14-10-15(12-25-19(14)27)21(29)26-7-3-2-4-8-26/h10-13H,2-9H2,1H3,(H,23,28). The molecule has 0 unspecified atom stereocenters. The topological polar surface area (TPSA) is 78.4 Å². The zero-order valence-electron chi connectivity index (χ0n) is 16.4. The Balaban J connectivity index is 1.61. The molecule has 1 N–H and O–H groups in total. The first-order chi connectivity index (χ1) is 14.1. The monoisotopic (exact) mass is 397 g/mol. The molecule has 2 aromatic rings. The number of carbonyl (C=O) groups excluding carboxylic acids is 2. The van der Waals surface area contributed by atoms with Crippen LogP contribution in [0.4, 0.5) is 15.9 Å². The summed E-state index contributed by atoms with van der Waals surface area (Å²) in [4.78, 5) is 36.8. The minimum absolute atomic E-state index is 0.0276. The van der Waals surface area contributed by atoms with Crippen LogP contribution in [-0.4, -0.2) is 53.4 Å². The molecule has 0 atom stereocenters. The minimum atomic E-state index is -0.675. The second-order valence-corrected chi connectivity index (χ2v) is 7.42. The fraction of sp³-hybridized carbons (Fsp3) is 0.429. The summed E-state index contributed by atoms with van der Waals surface area (Å²) in [7, 11) is 1.44. The highest BCUT2D eigenvalue weighted by atomic mass is 19.1. The average Bonchev–Trinajstić information content (AvgIpc) is 2.77. The summed E-state index contributed by atoms with van der Waals surface area (Å²) < 4.78 is 14.4. The number of hydrogen-bond acceptors (Lipinski definition) is 5. The van der Waals surface area contributed by atoms with Crippen LogP contribution in [0.1, 0.15) is 52.1 Å². The first kappa shape index (κ1) is 19.3. The molecule has 4 rings (SSSR count). The van der Waals surface area contributed by atoms with Gasteiger partial charge in [-0.25, -0.2) is 14.4 Å². The van der Waals surface area contributed by atoms with Gasteiger partial charge in [0.05, 0.1) is 17.4 Å². The van der Waals surface area contributed by atoms with E-state index in [1.165, 1.54) is 25.7 Å². The highest BCUT2D eigenvalue weighted by Gasteiger charge is 2.25. The third-order valence-corrected chi connectivity index (χ3v) is 5.50. The summed E-state index contributed by atoms with van der Waals surface area (Å²) in [5, 5.41) is 2.38. The van der Waals surface area contributed by atoms with Crippen molar-refractivity contribution in [3.63, 3.8) is 0 Å². The van der Waals surface area contributed by atoms with Crippen LogP contribution < -0.4 is 10.2 Å². The number of fused-ring (bicyclic) bond motifs is 1. The van der Waals surface area contributed by atoms with Gasteiger partial charge in [-0.3, -0.25) is 9.59 Å². The van der Waals surface area contributed by atoms with E-state index in [0.29, 0.717) is 23.6 Å².